The van der Waals surface area contributed by atoms with Gasteiger partial charge in [0.25, 0.3) is 5.91 Å². The molecule has 0 saturated carbocycles. The summed E-state index contributed by atoms with van der Waals surface area (Å²) in [6.45, 7) is 4.46. The number of carbonyl (C=O) groups excluding carboxylic acids is 1. The summed E-state index contributed by atoms with van der Waals surface area (Å²) in [4.78, 5) is 11.5. The quantitative estimate of drug-likeness (QED) is 0.754. The minimum atomic E-state index is -0.209. The zero-order valence-electron chi connectivity index (χ0n) is 8.49. The van der Waals surface area contributed by atoms with Crippen molar-refractivity contribution in [1.29, 1.82) is 0 Å². The van der Waals surface area contributed by atoms with Gasteiger partial charge in [-0.05, 0) is 18.1 Å². The first-order valence-corrected chi connectivity index (χ1v) is 4.69. The molecule has 0 aliphatic carbocycles. The van der Waals surface area contributed by atoms with E-state index in [1.165, 1.54) is 6.26 Å². The van der Waals surface area contributed by atoms with E-state index in [2.05, 4.69) is 5.32 Å². The van der Waals surface area contributed by atoms with Crippen molar-refractivity contribution >= 4 is 5.91 Å². The Morgan fingerprint density at radius 1 is 1.64 bits per heavy atom. The van der Waals surface area contributed by atoms with Crippen molar-refractivity contribution in [2.24, 2.45) is 11.7 Å². The molecule has 0 aliphatic rings. The smallest absolute Gasteiger partial charge is 0.287 e. The van der Waals surface area contributed by atoms with Crippen LogP contribution in [-0.2, 0) is 0 Å². The van der Waals surface area contributed by atoms with Crippen molar-refractivity contribution in [1.82, 2.24) is 5.32 Å². The van der Waals surface area contributed by atoms with Crippen LogP contribution in [0.4, 0.5) is 0 Å². The number of amides is 1. The molecule has 0 spiro atoms. The van der Waals surface area contributed by atoms with Gasteiger partial charge in [-0.25, -0.2) is 0 Å². The highest BCUT2D eigenvalue weighted by atomic mass is 16.3. The number of nitrogens with one attached hydrogen (secondary N) is 1. The van der Waals surface area contributed by atoms with Crippen LogP contribution >= 0.6 is 0 Å². The number of hydrogen-bond acceptors (Lipinski definition) is 3. The van der Waals surface area contributed by atoms with Crippen molar-refractivity contribution in [3.63, 3.8) is 0 Å². The minimum Gasteiger partial charge on any atom is -0.459 e. The lowest BCUT2D eigenvalue weighted by atomic mass is 10.0. The molecule has 1 heterocycles. The molecule has 4 heteroatoms. The molecule has 0 bridgehead atoms. The van der Waals surface area contributed by atoms with Crippen LogP contribution in [-0.4, -0.2) is 18.5 Å². The predicted octanol–water partition coefficient (Wildman–Crippen LogP) is 0.993. The Morgan fingerprint density at radius 3 is 2.79 bits per heavy atom. The highest BCUT2D eigenvalue weighted by molar-refractivity contribution is 5.91. The van der Waals surface area contributed by atoms with E-state index in [9.17, 15) is 4.79 Å². The largest absolute Gasteiger partial charge is 0.459 e. The van der Waals surface area contributed by atoms with E-state index in [4.69, 9.17) is 10.2 Å². The van der Waals surface area contributed by atoms with Crippen LogP contribution in [0.15, 0.2) is 22.8 Å². The molecular weight excluding hydrogens is 180 g/mol. The van der Waals surface area contributed by atoms with Gasteiger partial charge < -0.3 is 15.5 Å². The lowest BCUT2D eigenvalue weighted by Gasteiger charge is -2.19. The van der Waals surface area contributed by atoms with Crippen LogP contribution in [0.1, 0.15) is 24.4 Å². The lowest BCUT2D eigenvalue weighted by Crippen LogP contribution is -2.43. The minimum absolute atomic E-state index is 0.00685. The number of rotatable bonds is 4. The summed E-state index contributed by atoms with van der Waals surface area (Å²) < 4.78 is 4.97. The molecule has 14 heavy (non-hydrogen) atoms. The van der Waals surface area contributed by atoms with Gasteiger partial charge in [-0.2, -0.15) is 0 Å². The molecule has 0 fully saturated rings. The highest BCUT2D eigenvalue weighted by Gasteiger charge is 2.16. The molecular formula is C10H16N2O2. The van der Waals surface area contributed by atoms with Gasteiger partial charge in [-0.15, -0.1) is 0 Å². The first-order chi connectivity index (χ1) is 6.65. The Balaban J connectivity index is 2.56. The molecule has 1 amide bonds. The molecule has 0 aromatic carbocycles. The number of hydrogen-bond donors (Lipinski definition) is 2. The third kappa shape index (κ3) is 2.60. The number of nitrogens with two attached hydrogens (primary N) is 1. The fourth-order valence-electron chi connectivity index (χ4n) is 1.15. The first-order valence-electron chi connectivity index (χ1n) is 4.69. The topological polar surface area (TPSA) is 68.3 Å². The molecule has 1 atom stereocenters. The maximum Gasteiger partial charge on any atom is 0.287 e. The summed E-state index contributed by atoms with van der Waals surface area (Å²) in [5.74, 6) is 0.433. The SMILES string of the molecule is CC(C)C(CN)NC(=O)c1ccco1. The van der Waals surface area contributed by atoms with Crippen molar-refractivity contribution in [3.8, 4) is 0 Å². The third-order valence-electron chi connectivity index (χ3n) is 2.12. The van der Waals surface area contributed by atoms with Gasteiger partial charge >= 0.3 is 0 Å². The second kappa shape index (κ2) is 4.81. The van der Waals surface area contributed by atoms with E-state index in [0.29, 0.717) is 18.2 Å². The standard InChI is InChI=1S/C10H16N2O2/c1-7(2)8(6-11)12-10(13)9-4-3-5-14-9/h3-5,7-8H,6,11H2,1-2H3,(H,12,13). The van der Waals surface area contributed by atoms with E-state index in [1.807, 2.05) is 13.8 Å². The van der Waals surface area contributed by atoms with E-state index < -0.39 is 0 Å². The lowest BCUT2D eigenvalue weighted by molar-refractivity contribution is 0.0899. The first kappa shape index (κ1) is 10.8. The molecule has 4 nitrogen and oxygen atoms in total. The second-order valence-electron chi connectivity index (χ2n) is 3.54. The van der Waals surface area contributed by atoms with Crippen molar-refractivity contribution < 1.29 is 9.21 Å². The zero-order valence-corrected chi connectivity index (χ0v) is 8.49. The fraction of sp³-hybridized carbons (Fsp3) is 0.500. The molecule has 78 valence electrons. The molecule has 1 aromatic rings. The van der Waals surface area contributed by atoms with Crippen LogP contribution in [0.3, 0.4) is 0 Å². The molecule has 0 aliphatic heterocycles. The van der Waals surface area contributed by atoms with E-state index in [-0.39, 0.29) is 11.9 Å². The molecule has 0 radical (unpaired) electrons. The Morgan fingerprint density at radius 2 is 2.36 bits per heavy atom. The van der Waals surface area contributed by atoms with Crippen LogP contribution in [0.2, 0.25) is 0 Å². The van der Waals surface area contributed by atoms with Gasteiger partial charge in [0.1, 0.15) is 0 Å². The van der Waals surface area contributed by atoms with Crippen LogP contribution in [0.25, 0.3) is 0 Å². The second-order valence-corrected chi connectivity index (χ2v) is 3.54. The Hall–Kier alpha value is -1.29. The Labute approximate surface area is 83.5 Å². The predicted molar refractivity (Wildman–Crippen MR) is 53.9 cm³/mol. The normalized spacial score (nSPS) is 12.9. The molecule has 1 rings (SSSR count). The van der Waals surface area contributed by atoms with E-state index in [1.54, 1.807) is 12.1 Å². The average Bonchev–Trinajstić information content (AvgIpc) is 2.65. The van der Waals surface area contributed by atoms with E-state index in [0.717, 1.165) is 0 Å². The molecule has 1 aromatic heterocycles. The maximum atomic E-state index is 11.5. The number of furan rings is 1. The molecule has 3 N–H and O–H groups in total. The summed E-state index contributed by atoms with van der Waals surface area (Å²) in [5.41, 5.74) is 5.53. The van der Waals surface area contributed by atoms with Gasteiger partial charge in [0.05, 0.1) is 6.26 Å². The van der Waals surface area contributed by atoms with Crippen LogP contribution in [0.5, 0.6) is 0 Å². The van der Waals surface area contributed by atoms with Crippen LogP contribution < -0.4 is 11.1 Å². The number of carbonyl (C=O) groups is 1. The van der Waals surface area contributed by atoms with Gasteiger partial charge in [0.15, 0.2) is 5.76 Å². The summed E-state index contributed by atoms with van der Waals surface area (Å²) in [6.07, 6.45) is 1.47. The zero-order chi connectivity index (χ0) is 10.6. The van der Waals surface area contributed by atoms with Crippen molar-refractivity contribution in [3.05, 3.63) is 24.2 Å². The summed E-state index contributed by atoms with van der Waals surface area (Å²) in [5, 5.41) is 2.81. The summed E-state index contributed by atoms with van der Waals surface area (Å²) in [6, 6.07) is 3.30. The van der Waals surface area contributed by atoms with Crippen molar-refractivity contribution in [2.45, 2.75) is 19.9 Å². The maximum absolute atomic E-state index is 11.5. The van der Waals surface area contributed by atoms with Gasteiger partial charge in [0, 0.05) is 12.6 Å². The Kier molecular flexibility index (Phi) is 3.71. The molecule has 0 saturated heterocycles. The monoisotopic (exact) mass is 196 g/mol. The van der Waals surface area contributed by atoms with Gasteiger partial charge in [-0.3, -0.25) is 4.79 Å². The summed E-state index contributed by atoms with van der Waals surface area (Å²) in [7, 11) is 0. The fourth-order valence-corrected chi connectivity index (χ4v) is 1.15. The molecule has 1 unspecified atom stereocenters. The average molecular weight is 196 g/mol. The Bertz CT molecular complexity index is 280. The van der Waals surface area contributed by atoms with Crippen molar-refractivity contribution in [2.75, 3.05) is 6.54 Å². The van der Waals surface area contributed by atoms with Gasteiger partial charge in [-0.1, -0.05) is 13.8 Å². The third-order valence-corrected chi connectivity index (χ3v) is 2.12. The van der Waals surface area contributed by atoms with E-state index >= 15 is 0 Å². The van der Waals surface area contributed by atoms with Gasteiger partial charge in [0.2, 0.25) is 0 Å². The van der Waals surface area contributed by atoms with Crippen LogP contribution in [0, 0.1) is 5.92 Å². The summed E-state index contributed by atoms with van der Waals surface area (Å²) >= 11 is 0. The highest BCUT2D eigenvalue weighted by Crippen LogP contribution is 2.03.